The van der Waals surface area contributed by atoms with Crippen LogP contribution in [0.5, 0.6) is 0 Å². The van der Waals surface area contributed by atoms with E-state index in [2.05, 4.69) is 9.97 Å². The Morgan fingerprint density at radius 3 is 2.60 bits per heavy atom. The monoisotopic (exact) mass is 363 g/mol. The van der Waals surface area contributed by atoms with E-state index in [0.717, 1.165) is 5.56 Å². The Kier molecular flexibility index (Phi) is 5.62. The van der Waals surface area contributed by atoms with Gasteiger partial charge in [-0.2, -0.15) is 4.31 Å². The molecule has 3 rings (SSSR count). The first kappa shape index (κ1) is 17.8. The van der Waals surface area contributed by atoms with Gasteiger partial charge in [-0.05, 0) is 12.0 Å². The molecule has 0 unspecified atom stereocenters. The molecule has 134 valence electrons. The highest BCUT2D eigenvalue weighted by molar-refractivity contribution is 7.89. The third-order valence-corrected chi connectivity index (χ3v) is 6.18. The lowest BCUT2D eigenvalue weighted by Gasteiger charge is -2.27. The van der Waals surface area contributed by atoms with Crippen molar-refractivity contribution in [3.8, 4) is 0 Å². The van der Waals surface area contributed by atoms with Gasteiger partial charge in [0.15, 0.2) is 5.82 Å². The van der Waals surface area contributed by atoms with Gasteiger partial charge >= 0.3 is 0 Å². The van der Waals surface area contributed by atoms with Crippen LogP contribution < -0.4 is 0 Å². The number of hydrogen-bond donors (Lipinski definition) is 1. The van der Waals surface area contributed by atoms with Gasteiger partial charge in [0.05, 0.1) is 19.0 Å². The number of ether oxygens (including phenoxy) is 1. The number of carbonyl (C=O) groups is 1. The van der Waals surface area contributed by atoms with Gasteiger partial charge < -0.3 is 9.72 Å². The first-order chi connectivity index (χ1) is 12.1. The summed E-state index contributed by atoms with van der Waals surface area (Å²) in [6.07, 6.45) is 3.40. The molecule has 7 nitrogen and oxygen atoms in total. The Morgan fingerprint density at radius 1 is 1.24 bits per heavy atom. The number of aromatic amines is 1. The van der Waals surface area contributed by atoms with Crippen LogP contribution in [-0.4, -0.2) is 60.5 Å². The van der Waals surface area contributed by atoms with Gasteiger partial charge in [-0.1, -0.05) is 30.3 Å². The second-order valence-electron chi connectivity index (χ2n) is 5.98. The lowest BCUT2D eigenvalue weighted by molar-refractivity contribution is 0.0726. The molecule has 1 fully saturated rings. The zero-order valence-corrected chi connectivity index (χ0v) is 14.6. The molecule has 1 aromatic carbocycles. The van der Waals surface area contributed by atoms with Crippen molar-refractivity contribution in [2.45, 2.75) is 6.42 Å². The number of ketones is 1. The molecule has 1 atom stereocenters. The number of H-pyrrole nitrogens is 1. The average Bonchev–Trinajstić information content (AvgIpc) is 3.17. The summed E-state index contributed by atoms with van der Waals surface area (Å²) >= 11 is 0. The normalized spacial score (nSPS) is 17.3. The highest BCUT2D eigenvalue weighted by atomic mass is 32.2. The fraction of sp³-hybridized carbons (Fsp3) is 0.412. The number of imidazole rings is 1. The Balaban J connectivity index is 1.81. The summed E-state index contributed by atoms with van der Waals surface area (Å²) in [5.74, 6) is -1.02. The van der Waals surface area contributed by atoms with Crippen LogP contribution in [0.2, 0.25) is 0 Å². The van der Waals surface area contributed by atoms with Gasteiger partial charge in [0.2, 0.25) is 15.8 Å². The molecule has 8 heteroatoms. The molecule has 0 aliphatic carbocycles. The van der Waals surface area contributed by atoms with E-state index in [4.69, 9.17) is 4.74 Å². The fourth-order valence-corrected chi connectivity index (χ4v) is 4.60. The maximum Gasteiger partial charge on any atom is 0.214 e. The third-order valence-electron chi connectivity index (χ3n) is 4.20. The van der Waals surface area contributed by atoms with Crippen molar-refractivity contribution >= 4 is 15.8 Å². The number of nitrogens with zero attached hydrogens (tertiary/aromatic N) is 2. The van der Waals surface area contributed by atoms with Crippen molar-refractivity contribution in [3.63, 3.8) is 0 Å². The van der Waals surface area contributed by atoms with Gasteiger partial charge in [-0.15, -0.1) is 0 Å². The lowest BCUT2D eigenvalue weighted by atomic mass is 9.96. The van der Waals surface area contributed by atoms with E-state index >= 15 is 0 Å². The second-order valence-corrected chi connectivity index (χ2v) is 7.99. The standard InChI is InChI=1S/C17H21N3O4S/c21-16(17-18-6-7-19-17)15(12-14-4-2-1-3-5-14)13-25(22,23)20-8-10-24-11-9-20/h1-7,15H,8-13H2,(H,18,19)/t15-/m0/s1. The number of carbonyl (C=O) groups excluding carboxylic acids is 1. The maximum atomic E-state index is 12.8. The van der Waals surface area contributed by atoms with Crippen LogP contribution in [0, 0.1) is 5.92 Å². The molecule has 2 aromatic rings. The van der Waals surface area contributed by atoms with E-state index in [1.165, 1.54) is 10.5 Å². The first-order valence-corrected chi connectivity index (χ1v) is 9.80. The molecule has 1 N–H and O–H groups in total. The molecular formula is C17H21N3O4S. The van der Waals surface area contributed by atoms with Gasteiger partial charge in [-0.3, -0.25) is 4.79 Å². The summed E-state index contributed by atoms with van der Waals surface area (Å²) in [6.45, 7) is 1.42. The Bertz CT molecular complexity index is 785. The van der Waals surface area contributed by atoms with Crippen LogP contribution in [0.25, 0.3) is 0 Å². The minimum atomic E-state index is -3.55. The number of rotatable bonds is 7. The number of hydrogen-bond acceptors (Lipinski definition) is 5. The van der Waals surface area contributed by atoms with Crippen molar-refractivity contribution < 1.29 is 17.9 Å². The van der Waals surface area contributed by atoms with E-state index in [0.29, 0.717) is 32.7 Å². The number of Topliss-reactive ketones (excluding diaryl/α,β-unsaturated/α-hetero) is 1. The van der Waals surface area contributed by atoms with Gasteiger partial charge in [0.1, 0.15) is 0 Å². The van der Waals surface area contributed by atoms with E-state index in [-0.39, 0.29) is 17.4 Å². The van der Waals surface area contributed by atoms with Crippen molar-refractivity contribution in [1.29, 1.82) is 0 Å². The van der Waals surface area contributed by atoms with Crippen LogP contribution in [0.1, 0.15) is 16.2 Å². The number of benzene rings is 1. The van der Waals surface area contributed by atoms with Crippen molar-refractivity contribution in [2.24, 2.45) is 5.92 Å². The zero-order valence-electron chi connectivity index (χ0n) is 13.8. The molecule has 1 aliphatic rings. The van der Waals surface area contributed by atoms with Gasteiger partial charge in [0.25, 0.3) is 0 Å². The molecule has 0 radical (unpaired) electrons. The van der Waals surface area contributed by atoms with Gasteiger partial charge in [0, 0.05) is 31.4 Å². The number of nitrogens with one attached hydrogen (secondary N) is 1. The minimum Gasteiger partial charge on any atom is -0.379 e. The highest BCUT2D eigenvalue weighted by Crippen LogP contribution is 2.18. The largest absolute Gasteiger partial charge is 0.379 e. The fourth-order valence-electron chi connectivity index (χ4n) is 2.90. The van der Waals surface area contributed by atoms with E-state index < -0.39 is 15.9 Å². The number of aromatic nitrogens is 2. The van der Waals surface area contributed by atoms with Gasteiger partial charge in [-0.25, -0.2) is 13.4 Å². The van der Waals surface area contributed by atoms with Crippen molar-refractivity contribution in [3.05, 3.63) is 54.1 Å². The molecule has 0 bridgehead atoms. The molecule has 1 aromatic heterocycles. The van der Waals surface area contributed by atoms with Crippen LogP contribution in [0.15, 0.2) is 42.7 Å². The predicted molar refractivity (Wildman–Crippen MR) is 92.7 cm³/mol. The molecular weight excluding hydrogens is 342 g/mol. The SMILES string of the molecule is O=C(c1ncc[nH]1)[C@@H](Cc1ccccc1)CS(=O)(=O)N1CCOCC1. The first-order valence-electron chi connectivity index (χ1n) is 8.19. The summed E-state index contributed by atoms with van der Waals surface area (Å²) in [6, 6.07) is 9.42. The van der Waals surface area contributed by atoms with Crippen LogP contribution in [0.3, 0.4) is 0 Å². The molecule has 0 spiro atoms. The lowest BCUT2D eigenvalue weighted by Crippen LogP contribution is -2.44. The molecule has 1 aliphatic heterocycles. The Hall–Kier alpha value is -2.03. The quantitative estimate of drug-likeness (QED) is 0.744. The van der Waals surface area contributed by atoms with E-state index in [1.807, 2.05) is 30.3 Å². The van der Waals surface area contributed by atoms with Crippen LogP contribution in [-0.2, 0) is 21.2 Å². The van der Waals surface area contributed by atoms with Crippen molar-refractivity contribution in [1.82, 2.24) is 14.3 Å². The topological polar surface area (TPSA) is 92.4 Å². The number of morpholine rings is 1. The summed E-state index contributed by atoms with van der Waals surface area (Å²) in [5.41, 5.74) is 0.921. The number of sulfonamides is 1. The van der Waals surface area contributed by atoms with E-state index in [9.17, 15) is 13.2 Å². The van der Waals surface area contributed by atoms with E-state index in [1.54, 1.807) is 6.20 Å². The second kappa shape index (κ2) is 7.90. The Labute approximate surface area is 147 Å². The minimum absolute atomic E-state index is 0.193. The average molecular weight is 363 g/mol. The summed E-state index contributed by atoms with van der Waals surface area (Å²) in [7, 11) is -3.55. The predicted octanol–water partition coefficient (Wildman–Crippen LogP) is 1.11. The molecule has 0 amide bonds. The zero-order chi connectivity index (χ0) is 17.7. The Morgan fingerprint density at radius 2 is 1.96 bits per heavy atom. The summed E-state index contributed by atoms with van der Waals surface area (Å²) in [4.78, 5) is 19.5. The van der Waals surface area contributed by atoms with Crippen molar-refractivity contribution in [2.75, 3.05) is 32.1 Å². The highest BCUT2D eigenvalue weighted by Gasteiger charge is 2.32. The smallest absolute Gasteiger partial charge is 0.214 e. The summed E-state index contributed by atoms with van der Waals surface area (Å²) in [5, 5.41) is 0. The molecule has 1 saturated heterocycles. The summed E-state index contributed by atoms with van der Waals surface area (Å²) < 4.78 is 32.1. The van der Waals surface area contributed by atoms with Crippen LogP contribution >= 0.6 is 0 Å². The maximum absolute atomic E-state index is 12.8. The molecule has 0 saturated carbocycles. The third kappa shape index (κ3) is 4.53. The molecule has 2 heterocycles. The molecule has 25 heavy (non-hydrogen) atoms. The van der Waals surface area contributed by atoms with Crippen LogP contribution in [0.4, 0.5) is 0 Å².